The van der Waals surface area contributed by atoms with E-state index in [1.165, 1.54) is 6.07 Å². The van der Waals surface area contributed by atoms with Gasteiger partial charge >= 0.3 is 5.97 Å². The minimum atomic E-state index is -1.03. The van der Waals surface area contributed by atoms with Gasteiger partial charge in [-0.05, 0) is 37.3 Å². The third-order valence-electron chi connectivity index (χ3n) is 2.54. The van der Waals surface area contributed by atoms with Gasteiger partial charge in [-0.25, -0.2) is 4.79 Å². The molecule has 0 fully saturated rings. The Balaban J connectivity index is 2.06. The number of hydrogen-bond acceptors (Lipinski definition) is 4. The summed E-state index contributed by atoms with van der Waals surface area (Å²) in [5.41, 5.74) is 6.75. The third kappa shape index (κ3) is 2.63. The van der Waals surface area contributed by atoms with Crippen LogP contribution in [0.2, 0.25) is 0 Å². The Bertz CT molecular complexity index is 575. The van der Waals surface area contributed by atoms with Crippen LogP contribution >= 0.6 is 0 Å². The number of aryl methyl sites for hydroxylation is 1. The van der Waals surface area contributed by atoms with Crippen LogP contribution in [0.15, 0.2) is 34.7 Å². The summed E-state index contributed by atoms with van der Waals surface area (Å²) in [4.78, 5) is 10.8. The Hall–Kier alpha value is -2.43. The van der Waals surface area contributed by atoms with Gasteiger partial charge in [-0.1, -0.05) is 0 Å². The lowest BCUT2D eigenvalue weighted by atomic mass is 10.1. The van der Waals surface area contributed by atoms with Gasteiger partial charge in [0.05, 0.1) is 12.1 Å². The van der Waals surface area contributed by atoms with Gasteiger partial charge in [0.15, 0.2) is 0 Å². The van der Waals surface area contributed by atoms with Gasteiger partial charge in [0.2, 0.25) is 0 Å². The summed E-state index contributed by atoms with van der Waals surface area (Å²) >= 11 is 0. The fourth-order valence-electron chi connectivity index (χ4n) is 1.64. The fraction of sp³-hybridized carbons (Fsp3) is 0.154. The minimum absolute atomic E-state index is 0.106. The summed E-state index contributed by atoms with van der Waals surface area (Å²) in [6.07, 6.45) is 0. The van der Waals surface area contributed by atoms with E-state index in [1.807, 2.05) is 19.1 Å². The van der Waals surface area contributed by atoms with E-state index in [1.54, 1.807) is 12.1 Å². The Labute approximate surface area is 104 Å². The van der Waals surface area contributed by atoms with Crippen LogP contribution in [0.3, 0.4) is 0 Å². The van der Waals surface area contributed by atoms with Crippen LogP contribution < -0.4 is 11.1 Å². The van der Waals surface area contributed by atoms with E-state index in [-0.39, 0.29) is 11.3 Å². The van der Waals surface area contributed by atoms with E-state index in [4.69, 9.17) is 15.3 Å². The lowest BCUT2D eigenvalue weighted by molar-refractivity contribution is 0.0698. The molecule has 1 heterocycles. The number of carboxylic acids is 1. The smallest absolute Gasteiger partial charge is 0.337 e. The monoisotopic (exact) mass is 246 g/mol. The van der Waals surface area contributed by atoms with Crippen molar-refractivity contribution in [3.63, 3.8) is 0 Å². The van der Waals surface area contributed by atoms with E-state index in [0.717, 1.165) is 17.2 Å². The average molecular weight is 246 g/mol. The number of aromatic carboxylic acids is 1. The first-order valence-electron chi connectivity index (χ1n) is 5.48. The third-order valence-corrected chi connectivity index (χ3v) is 2.54. The van der Waals surface area contributed by atoms with Crippen molar-refractivity contribution in [1.82, 2.24) is 0 Å². The normalized spacial score (nSPS) is 10.3. The van der Waals surface area contributed by atoms with E-state index in [2.05, 4.69) is 5.32 Å². The zero-order valence-electron chi connectivity index (χ0n) is 9.93. The largest absolute Gasteiger partial charge is 0.478 e. The predicted molar refractivity (Wildman–Crippen MR) is 68.6 cm³/mol. The Kier molecular flexibility index (Phi) is 3.23. The van der Waals surface area contributed by atoms with Gasteiger partial charge in [0, 0.05) is 11.4 Å². The van der Waals surface area contributed by atoms with Crippen LogP contribution in [0.5, 0.6) is 0 Å². The second-order valence-corrected chi connectivity index (χ2v) is 3.97. The summed E-state index contributed by atoms with van der Waals surface area (Å²) in [5.74, 6) is 0.640. The summed E-state index contributed by atoms with van der Waals surface area (Å²) in [6, 6.07) is 8.53. The maximum atomic E-state index is 10.8. The molecule has 0 unspecified atom stereocenters. The molecule has 0 amide bonds. The first kappa shape index (κ1) is 12.0. The number of carboxylic acid groups (broad SMARTS) is 1. The highest BCUT2D eigenvalue weighted by atomic mass is 16.4. The molecule has 0 bridgehead atoms. The van der Waals surface area contributed by atoms with Crippen LogP contribution in [0.1, 0.15) is 21.9 Å². The predicted octanol–water partition coefficient (Wildman–Crippen LogP) is 2.48. The van der Waals surface area contributed by atoms with Gasteiger partial charge in [0.1, 0.15) is 11.5 Å². The molecule has 4 N–H and O–H groups in total. The first-order chi connectivity index (χ1) is 8.56. The number of furan rings is 1. The van der Waals surface area contributed by atoms with Crippen molar-refractivity contribution < 1.29 is 14.3 Å². The molecule has 0 radical (unpaired) electrons. The molecule has 5 heteroatoms. The molecule has 0 saturated heterocycles. The molecule has 0 saturated carbocycles. The van der Waals surface area contributed by atoms with Gasteiger partial charge < -0.3 is 20.6 Å². The van der Waals surface area contributed by atoms with Gasteiger partial charge in [-0.2, -0.15) is 0 Å². The van der Waals surface area contributed by atoms with Gasteiger partial charge in [-0.3, -0.25) is 0 Å². The van der Waals surface area contributed by atoms with Crippen molar-refractivity contribution in [2.45, 2.75) is 13.5 Å². The van der Waals surface area contributed by atoms with Crippen LogP contribution in [0, 0.1) is 6.92 Å². The van der Waals surface area contributed by atoms with Crippen molar-refractivity contribution in [3.8, 4) is 0 Å². The Morgan fingerprint density at radius 3 is 2.72 bits per heavy atom. The second-order valence-electron chi connectivity index (χ2n) is 3.97. The van der Waals surface area contributed by atoms with Crippen molar-refractivity contribution in [1.29, 1.82) is 0 Å². The van der Waals surface area contributed by atoms with Gasteiger partial charge in [-0.15, -0.1) is 0 Å². The number of nitrogen functional groups attached to an aromatic ring is 1. The highest BCUT2D eigenvalue weighted by Crippen LogP contribution is 2.19. The Morgan fingerprint density at radius 1 is 1.39 bits per heavy atom. The SMILES string of the molecule is Cc1ccc(CNc2ccc(C(=O)O)c(N)c2)o1. The number of nitrogens with one attached hydrogen (secondary N) is 1. The maximum Gasteiger partial charge on any atom is 0.337 e. The lowest BCUT2D eigenvalue weighted by Crippen LogP contribution is -2.04. The molecular weight excluding hydrogens is 232 g/mol. The van der Waals surface area contributed by atoms with E-state index in [9.17, 15) is 4.79 Å². The van der Waals surface area contributed by atoms with Crippen molar-refractivity contribution in [2.75, 3.05) is 11.1 Å². The molecule has 0 aliphatic carbocycles. The molecule has 18 heavy (non-hydrogen) atoms. The van der Waals surface area contributed by atoms with Crippen LogP contribution in [-0.2, 0) is 6.54 Å². The van der Waals surface area contributed by atoms with E-state index < -0.39 is 5.97 Å². The first-order valence-corrected chi connectivity index (χ1v) is 5.48. The highest BCUT2D eigenvalue weighted by molar-refractivity contribution is 5.94. The van der Waals surface area contributed by atoms with Gasteiger partial charge in [0.25, 0.3) is 0 Å². The van der Waals surface area contributed by atoms with Crippen LogP contribution in [-0.4, -0.2) is 11.1 Å². The Morgan fingerprint density at radius 2 is 2.17 bits per heavy atom. The molecule has 5 nitrogen and oxygen atoms in total. The van der Waals surface area contributed by atoms with Crippen molar-refractivity contribution in [2.24, 2.45) is 0 Å². The maximum absolute atomic E-state index is 10.8. The van der Waals surface area contributed by atoms with Crippen LogP contribution in [0.25, 0.3) is 0 Å². The topological polar surface area (TPSA) is 88.5 Å². The molecule has 0 aliphatic heterocycles. The number of anilines is 2. The van der Waals surface area contributed by atoms with Crippen LogP contribution in [0.4, 0.5) is 11.4 Å². The molecule has 2 rings (SSSR count). The minimum Gasteiger partial charge on any atom is -0.478 e. The molecule has 2 aromatic rings. The highest BCUT2D eigenvalue weighted by Gasteiger charge is 2.08. The average Bonchev–Trinajstić information content (AvgIpc) is 2.72. The molecule has 0 atom stereocenters. The molecule has 0 spiro atoms. The molecular formula is C13H14N2O3. The van der Waals surface area contributed by atoms with E-state index in [0.29, 0.717) is 6.54 Å². The van der Waals surface area contributed by atoms with Crippen molar-refractivity contribution in [3.05, 3.63) is 47.4 Å². The molecule has 0 aliphatic rings. The fourth-order valence-corrected chi connectivity index (χ4v) is 1.64. The number of carbonyl (C=O) groups is 1. The molecule has 94 valence electrons. The standard InChI is InChI=1S/C13H14N2O3/c1-8-2-4-10(18-8)7-15-9-3-5-11(13(16)17)12(14)6-9/h2-6,15H,7,14H2,1H3,(H,16,17). The zero-order valence-corrected chi connectivity index (χ0v) is 9.93. The number of nitrogens with two attached hydrogens (primary N) is 1. The summed E-state index contributed by atoms with van der Waals surface area (Å²) in [6.45, 7) is 2.41. The second kappa shape index (κ2) is 4.83. The molecule has 1 aromatic carbocycles. The number of benzene rings is 1. The van der Waals surface area contributed by atoms with E-state index >= 15 is 0 Å². The van der Waals surface area contributed by atoms with Crippen molar-refractivity contribution >= 4 is 17.3 Å². The number of hydrogen-bond donors (Lipinski definition) is 3. The summed E-state index contributed by atoms with van der Waals surface area (Å²) < 4.78 is 5.41. The molecule has 1 aromatic heterocycles. The summed E-state index contributed by atoms with van der Waals surface area (Å²) in [5, 5.41) is 12.0. The quantitative estimate of drug-likeness (QED) is 0.721. The number of rotatable bonds is 4. The lowest BCUT2D eigenvalue weighted by Gasteiger charge is -2.07. The summed E-state index contributed by atoms with van der Waals surface area (Å²) in [7, 11) is 0. The zero-order chi connectivity index (χ0) is 13.1.